The zero-order valence-corrected chi connectivity index (χ0v) is 10.3. The summed E-state index contributed by atoms with van der Waals surface area (Å²) in [5.74, 6) is 0.392. The van der Waals surface area contributed by atoms with Crippen LogP contribution >= 0.6 is 0 Å². The lowest BCUT2D eigenvalue weighted by molar-refractivity contribution is -0.135. The van der Waals surface area contributed by atoms with E-state index in [1.807, 2.05) is 18.7 Å². The number of aliphatic hydroxyl groups excluding tert-OH is 1. The van der Waals surface area contributed by atoms with Gasteiger partial charge in [0, 0.05) is 32.7 Å². The Labute approximate surface area is 97.6 Å². The summed E-state index contributed by atoms with van der Waals surface area (Å²) in [5, 5.41) is 9.57. The average Bonchev–Trinajstić information content (AvgIpc) is 2.28. The number of piperidine rings is 1. The lowest BCUT2D eigenvalue weighted by atomic mass is 9.96. The normalized spacial score (nSPS) is 25.8. The molecule has 1 aliphatic rings. The van der Waals surface area contributed by atoms with Crippen LogP contribution in [0.3, 0.4) is 0 Å². The van der Waals surface area contributed by atoms with Crippen LogP contribution in [0.4, 0.5) is 0 Å². The number of ether oxygens (including phenoxy) is 1. The molecule has 1 N–H and O–H groups in total. The Balaban J connectivity index is 2.21. The molecule has 94 valence electrons. The highest BCUT2D eigenvalue weighted by atomic mass is 16.5. The molecular weight excluding hydrogens is 206 g/mol. The van der Waals surface area contributed by atoms with Crippen molar-refractivity contribution in [3.05, 3.63) is 0 Å². The zero-order valence-electron chi connectivity index (χ0n) is 10.3. The van der Waals surface area contributed by atoms with Crippen molar-refractivity contribution in [2.24, 2.45) is 5.92 Å². The maximum atomic E-state index is 11.8. The molecule has 0 aromatic heterocycles. The monoisotopic (exact) mass is 229 g/mol. The summed E-state index contributed by atoms with van der Waals surface area (Å²) in [5.41, 5.74) is 0. The van der Waals surface area contributed by atoms with Gasteiger partial charge in [-0.3, -0.25) is 4.79 Å². The molecule has 0 aliphatic carbocycles. The molecule has 16 heavy (non-hydrogen) atoms. The Bertz CT molecular complexity index is 220. The first kappa shape index (κ1) is 13.5. The van der Waals surface area contributed by atoms with Gasteiger partial charge in [0.05, 0.1) is 6.10 Å². The van der Waals surface area contributed by atoms with Crippen molar-refractivity contribution in [1.29, 1.82) is 0 Å². The van der Waals surface area contributed by atoms with Gasteiger partial charge in [0.25, 0.3) is 0 Å². The van der Waals surface area contributed by atoms with Gasteiger partial charge < -0.3 is 14.7 Å². The van der Waals surface area contributed by atoms with Crippen molar-refractivity contribution < 1.29 is 14.6 Å². The number of rotatable bonds is 5. The molecular formula is C12H23NO3. The molecule has 4 nitrogen and oxygen atoms in total. The van der Waals surface area contributed by atoms with Crippen molar-refractivity contribution in [2.75, 3.05) is 26.3 Å². The SMILES string of the molecule is CCOCCCC(=O)N1CCC(O)C(C)C1. The predicted octanol–water partition coefficient (Wildman–Crippen LogP) is 1.03. The van der Waals surface area contributed by atoms with E-state index in [0.717, 1.165) is 6.42 Å². The number of likely N-dealkylation sites (tertiary alicyclic amines) is 1. The Morgan fingerprint density at radius 2 is 2.31 bits per heavy atom. The van der Waals surface area contributed by atoms with Crippen molar-refractivity contribution in [3.8, 4) is 0 Å². The molecule has 2 unspecified atom stereocenters. The van der Waals surface area contributed by atoms with E-state index in [-0.39, 0.29) is 17.9 Å². The van der Waals surface area contributed by atoms with E-state index in [1.54, 1.807) is 0 Å². The van der Waals surface area contributed by atoms with Crippen LogP contribution in [0, 0.1) is 5.92 Å². The van der Waals surface area contributed by atoms with Gasteiger partial charge in [-0.2, -0.15) is 0 Å². The standard InChI is InChI=1S/C12H23NO3/c1-3-16-8-4-5-12(15)13-7-6-11(14)10(2)9-13/h10-11,14H,3-9H2,1-2H3. The van der Waals surface area contributed by atoms with Gasteiger partial charge >= 0.3 is 0 Å². The second-order valence-corrected chi connectivity index (χ2v) is 4.47. The second-order valence-electron chi connectivity index (χ2n) is 4.47. The number of amides is 1. The largest absolute Gasteiger partial charge is 0.393 e. The molecule has 2 atom stereocenters. The second kappa shape index (κ2) is 6.86. The maximum Gasteiger partial charge on any atom is 0.222 e. The van der Waals surface area contributed by atoms with Crippen molar-refractivity contribution in [1.82, 2.24) is 4.90 Å². The minimum Gasteiger partial charge on any atom is -0.393 e. The summed E-state index contributed by atoms with van der Waals surface area (Å²) < 4.78 is 5.20. The average molecular weight is 229 g/mol. The summed E-state index contributed by atoms with van der Waals surface area (Å²) in [6, 6.07) is 0. The molecule has 0 saturated carbocycles. The van der Waals surface area contributed by atoms with E-state index >= 15 is 0 Å². The zero-order chi connectivity index (χ0) is 12.0. The Morgan fingerprint density at radius 1 is 1.56 bits per heavy atom. The van der Waals surface area contributed by atoms with E-state index < -0.39 is 0 Å². The van der Waals surface area contributed by atoms with Crippen LogP contribution in [0.15, 0.2) is 0 Å². The number of hydrogen-bond acceptors (Lipinski definition) is 3. The molecule has 1 heterocycles. The highest BCUT2D eigenvalue weighted by molar-refractivity contribution is 5.76. The van der Waals surface area contributed by atoms with Gasteiger partial charge in [0.1, 0.15) is 0 Å². The molecule has 1 saturated heterocycles. The summed E-state index contributed by atoms with van der Waals surface area (Å²) in [4.78, 5) is 13.7. The topological polar surface area (TPSA) is 49.8 Å². The first-order chi connectivity index (χ1) is 7.65. The molecule has 0 aromatic carbocycles. The van der Waals surface area contributed by atoms with E-state index in [1.165, 1.54) is 0 Å². The van der Waals surface area contributed by atoms with Crippen LogP contribution < -0.4 is 0 Å². The van der Waals surface area contributed by atoms with Crippen LogP contribution in [-0.4, -0.2) is 48.3 Å². The van der Waals surface area contributed by atoms with Gasteiger partial charge in [0.2, 0.25) is 5.91 Å². The smallest absolute Gasteiger partial charge is 0.222 e. The quantitative estimate of drug-likeness (QED) is 0.716. The third-order valence-electron chi connectivity index (χ3n) is 3.10. The summed E-state index contributed by atoms with van der Waals surface area (Å²) in [7, 11) is 0. The van der Waals surface area contributed by atoms with Gasteiger partial charge in [-0.05, 0) is 25.7 Å². The number of hydrogen-bond donors (Lipinski definition) is 1. The number of aliphatic hydroxyl groups is 1. The molecule has 4 heteroatoms. The van der Waals surface area contributed by atoms with Gasteiger partial charge in [-0.1, -0.05) is 6.92 Å². The summed E-state index contributed by atoms with van der Waals surface area (Å²) >= 11 is 0. The predicted molar refractivity (Wildman–Crippen MR) is 62.1 cm³/mol. The van der Waals surface area contributed by atoms with Crippen LogP contribution in [0.5, 0.6) is 0 Å². The molecule has 1 rings (SSSR count). The molecule has 0 radical (unpaired) electrons. The maximum absolute atomic E-state index is 11.8. The molecule has 0 bridgehead atoms. The van der Waals surface area contributed by atoms with Crippen molar-refractivity contribution >= 4 is 5.91 Å². The highest BCUT2D eigenvalue weighted by Crippen LogP contribution is 2.17. The van der Waals surface area contributed by atoms with Crippen LogP contribution in [0.25, 0.3) is 0 Å². The van der Waals surface area contributed by atoms with Crippen molar-refractivity contribution in [3.63, 3.8) is 0 Å². The first-order valence-corrected chi connectivity index (χ1v) is 6.18. The number of nitrogens with zero attached hydrogens (tertiary/aromatic N) is 1. The molecule has 0 spiro atoms. The fourth-order valence-electron chi connectivity index (χ4n) is 1.99. The highest BCUT2D eigenvalue weighted by Gasteiger charge is 2.26. The minimum absolute atomic E-state index is 0.193. The number of carbonyl (C=O) groups excluding carboxylic acids is 1. The number of carbonyl (C=O) groups is 1. The Hall–Kier alpha value is -0.610. The molecule has 1 aliphatic heterocycles. The fraction of sp³-hybridized carbons (Fsp3) is 0.917. The van der Waals surface area contributed by atoms with E-state index in [0.29, 0.717) is 39.1 Å². The van der Waals surface area contributed by atoms with E-state index in [2.05, 4.69) is 0 Å². The fourth-order valence-corrected chi connectivity index (χ4v) is 1.99. The van der Waals surface area contributed by atoms with Gasteiger partial charge in [0.15, 0.2) is 0 Å². The van der Waals surface area contributed by atoms with Crippen molar-refractivity contribution in [2.45, 2.75) is 39.2 Å². The summed E-state index contributed by atoms with van der Waals surface area (Å²) in [6.07, 6.45) is 1.81. The van der Waals surface area contributed by atoms with Gasteiger partial charge in [-0.15, -0.1) is 0 Å². The Kier molecular flexibility index (Phi) is 5.77. The molecule has 0 aromatic rings. The first-order valence-electron chi connectivity index (χ1n) is 6.18. The molecule has 1 fully saturated rings. The van der Waals surface area contributed by atoms with E-state index in [4.69, 9.17) is 4.74 Å². The third-order valence-corrected chi connectivity index (χ3v) is 3.10. The summed E-state index contributed by atoms with van der Waals surface area (Å²) in [6.45, 7) is 6.70. The lowest BCUT2D eigenvalue weighted by Crippen LogP contribution is -2.44. The van der Waals surface area contributed by atoms with Crippen LogP contribution in [0.1, 0.15) is 33.1 Å². The van der Waals surface area contributed by atoms with Crippen LogP contribution in [-0.2, 0) is 9.53 Å². The third kappa shape index (κ3) is 4.10. The molecule has 1 amide bonds. The lowest BCUT2D eigenvalue weighted by Gasteiger charge is -2.34. The minimum atomic E-state index is -0.243. The Morgan fingerprint density at radius 3 is 2.94 bits per heavy atom. The van der Waals surface area contributed by atoms with Crippen LogP contribution in [0.2, 0.25) is 0 Å². The van der Waals surface area contributed by atoms with E-state index in [9.17, 15) is 9.90 Å². The van der Waals surface area contributed by atoms with Gasteiger partial charge in [-0.25, -0.2) is 0 Å².